The van der Waals surface area contributed by atoms with Crippen LogP contribution in [0.3, 0.4) is 0 Å². The Bertz CT molecular complexity index is 1050. The van der Waals surface area contributed by atoms with Gasteiger partial charge in [0.1, 0.15) is 17.1 Å². The number of hydrogen-bond donors (Lipinski definition) is 2. The van der Waals surface area contributed by atoms with E-state index < -0.39 is 0 Å². The zero-order valence-electron chi connectivity index (χ0n) is 14.1. The van der Waals surface area contributed by atoms with E-state index in [1.807, 2.05) is 0 Å². The molecular weight excluding hydrogens is 356 g/mol. The molecule has 8 nitrogen and oxygen atoms in total. The number of aryl methyl sites for hydroxylation is 2. The monoisotopic (exact) mass is 370 g/mol. The number of aromatic nitrogens is 4. The first-order chi connectivity index (χ1) is 12.5. The van der Waals surface area contributed by atoms with Gasteiger partial charge in [-0.15, -0.1) is 0 Å². The van der Waals surface area contributed by atoms with Gasteiger partial charge in [0.25, 0.3) is 5.56 Å². The molecule has 9 heteroatoms. The van der Waals surface area contributed by atoms with E-state index in [-0.39, 0.29) is 12.1 Å². The van der Waals surface area contributed by atoms with Gasteiger partial charge in [0, 0.05) is 23.5 Å². The predicted molar refractivity (Wildman–Crippen MR) is 96.4 cm³/mol. The van der Waals surface area contributed by atoms with Crippen molar-refractivity contribution in [2.24, 2.45) is 0 Å². The number of benzene rings is 1. The van der Waals surface area contributed by atoms with E-state index >= 15 is 0 Å². The molecule has 2 N–H and O–H groups in total. The summed E-state index contributed by atoms with van der Waals surface area (Å²) < 4.78 is 7.07. The van der Waals surface area contributed by atoms with E-state index in [0.717, 1.165) is 0 Å². The van der Waals surface area contributed by atoms with E-state index in [4.69, 9.17) is 21.8 Å². The zero-order chi connectivity index (χ0) is 18.7. The minimum Gasteiger partial charge on any atom is -0.453 e. The lowest BCUT2D eigenvalue weighted by molar-refractivity contribution is 0.473. The van der Waals surface area contributed by atoms with Crippen molar-refractivity contribution in [3.05, 3.63) is 63.3 Å². The van der Waals surface area contributed by atoms with Crippen molar-refractivity contribution < 1.29 is 4.74 Å². The predicted octanol–water partition coefficient (Wildman–Crippen LogP) is 2.86. The van der Waals surface area contributed by atoms with Gasteiger partial charge < -0.3 is 10.1 Å². The highest BCUT2D eigenvalue weighted by Crippen LogP contribution is 2.30. The van der Waals surface area contributed by atoms with E-state index in [9.17, 15) is 4.79 Å². The van der Waals surface area contributed by atoms with Crippen molar-refractivity contribution in [3.63, 3.8) is 0 Å². The lowest BCUT2D eigenvalue weighted by Crippen LogP contribution is -2.13. The Morgan fingerprint density at radius 2 is 2.19 bits per heavy atom. The van der Waals surface area contributed by atoms with Gasteiger partial charge in [-0.05, 0) is 32.0 Å². The summed E-state index contributed by atoms with van der Waals surface area (Å²) in [6.07, 6.45) is 0. The molecule has 2 aromatic heterocycles. The zero-order valence-corrected chi connectivity index (χ0v) is 14.8. The molecule has 0 saturated carbocycles. The average Bonchev–Trinajstić information content (AvgIpc) is 2.85. The molecule has 3 rings (SSSR count). The van der Waals surface area contributed by atoms with Gasteiger partial charge >= 0.3 is 0 Å². The molecular formula is C17H15ClN6O2. The van der Waals surface area contributed by atoms with Crippen molar-refractivity contribution >= 4 is 17.7 Å². The summed E-state index contributed by atoms with van der Waals surface area (Å²) >= 11 is 6.14. The SMILES string of the molecule is Cc1cc(=O)[nH]c(NCc2c(Oc3cccc(C#N)c3)c(C)nn2Cl)n1. The van der Waals surface area contributed by atoms with Gasteiger partial charge in [-0.3, -0.25) is 9.78 Å². The summed E-state index contributed by atoms with van der Waals surface area (Å²) in [5, 5.41) is 16.2. The van der Waals surface area contributed by atoms with Crippen LogP contribution in [0.4, 0.5) is 5.95 Å². The van der Waals surface area contributed by atoms with E-state index in [0.29, 0.717) is 40.1 Å². The topological polar surface area (TPSA) is 109 Å². The Morgan fingerprint density at radius 1 is 1.38 bits per heavy atom. The highest BCUT2D eigenvalue weighted by Gasteiger charge is 2.17. The highest BCUT2D eigenvalue weighted by molar-refractivity contribution is 6.15. The standard InChI is InChI=1S/C17H15ClN6O2/c1-10-6-15(25)22-17(21-10)20-9-14-16(11(2)23-24(14)18)26-13-5-3-4-12(7-13)8-19/h3-7H,9H2,1-2H3,(H2,20,21,22,25). The molecule has 3 aromatic rings. The fourth-order valence-electron chi connectivity index (χ4n) is 2.39. The highest BCUT2D eigenvalue weighted by atomic mass is 35.5. The van der Waals surface area contributed by atoms with Crippen LogP contribution in [-0.2, 0) is 6.54 Å². The maximum atomic E-state index is 11.5. The molecule has 0 fully saturated rings. The average molecular weight is 371 g/mol. The first-order valence-corrected chi connectivity index (χ1v) is 8.04. The van der Waals surface area contributed by atoms with Gasteiger partial charge in [-0.25, -0.2) is 4.98 Å². The minimum absolute atomic E-state index is 0.226. The number of nitrogens with zero attached hydrogens (tertiary/aromatic N) is 4. The number of nitriles is 1. The second-order valence-electron chi connectivity index (χ2n) is 5.55. The Balaban J connectivity index is 1.86. The van der Waals surface area contributed by atoms with Crippen LogP contribution in [0.2, 0.25) is 0 Å². The van der Waals surface area contributed by atoms with Gasteiger partial charge in [0.15, 0.2) is 5.75 Å². The first-order valence-electron chi connectivity index (χ1n) is 7.71. The molecule has 0 saturated heterocycles. The molecule has 2 heterocycles. The van der Waals surface area contributed by atoms with Crippen molar-refractivity contribution in [2.75, 3.05) is 5.32 Å². The number of ether oxygens (including phenoxy) is 1. The second-order valence-corrected chi connectivity index (χ2v) is 5.87. The second kappa shape index (κ2) is 7.29. The van der Waals surface area contributed by atoms with Crippen LogP contribution in [0, 0.1) is 25.2 Å². The van der Waals surface area contributed by atoms with Gasteiger partial charge in [0.2, 0.25) is 5.95 Å². The maximum Gasteiger partial charge on any atom is 0.252 e. The number of hydrogen-bond acceptors (Lipinski definition) is 6. The maximum absolute atomic E-state index is 11.5. The Labute approximate surface area is 154 Å². The molecule has 132 valence electrons. The summed E-state index contributed by atoms with van der Waals surface area (Å²) in [5.41, 5.74) is 1.97. The first kappa shape index (κ1) is 17.5. The molecule has 0 spiro atoms. The normalized spacial score (nSPS) is 10.4. The molecule has 26 heavy (non-hydrogen) atoms. The van der Waals surface area contributed by atoms with Crippen molar-refractivity contribution in [2.45, 2.75) is 20.4 Å². The van der Waals surface area contributed by atoms with Crippen LogP contribution in [-0.4, -0.2) is 19.3 Å². The Morgan fingerprint density at radius 3 is 2.92 bits per heavy atom. The fraction of sp³-hybridized carbons (Fsp3) is 0.176. The molecule has 0 aliphatic heterocycles. The van der Waals surface area contributed by atoms with Crippen molar-refractivity contribution in [1.29, 1.82) is 5.26 Å². The molecule has 0 aliphatic carbocycles. The summed E-state index contributed by atoms with van der Waals surface area (Å²) in [4.78, 5) is 18.3. The number of H-pyrrole nitrogens is 1. The largest absolute Gasteiger partial charge is 0.453 e. The van der Waals surface area contributed by atoms with Crippen molar-refractivity contribution in [1.82, 2.24) is 19.3 Å². The number of nitrogens with one attached hydrogen (secondary N) is 2. The third kappa shape index (κ3) is 3.84. The van der Waals surface area contributed by atoms with Gasteiger partial charge in [-0.2, -0.15) is 14.6 Å². The number of aromatic amines is 1. The molecule has 0 aliphatic rings. The molecule has 0 unspecified atom stereocenters. The minimum atomic E-state index is -0.250. The fourth-order valence-corrected chi connectivity index (χ4v) is 2.64. The molecule has 0 atom stereocenters. The van der Waals surface area contributed by atoms with Crippen LogP contribution in [0.1, 0.15) is 22.6 Å². The summed E-state index contributed by atoms with van der Waals surface area (Å²) in [7, 11) is 0. The number of rotatable bonds is 5. The van der Waals surface area contributed by atoms with E-state index in [1.165, 1.54) is 10.3 Å². The van der Waals surface area contributed by atoms with Crippen LogP contribution in [0.5, 0.6) is 11.5 Å². The third-order valence-electron chi connectivity index (χ3n) is 3.53. The van der Waals surface area contributed by atoms with Gasteiger partial charge in [-0.1, -0.05) is 6.07 Å². The number of anilines is 1. The van der Waals surface area contributed by atoms with Crippen LogP contribution < -0.4 is 15.6 Å². The number of halogens is 1. The third-order valence-corrected chi connectivity index (χ3v) is 3.81. The molecule has 0 radical (unpaired) electrons. The van der Waals surface area contributed by atoms with Crippen LogP contribution >= 0.6 is 11.8 Å². The molecule has 1 aromatic carbocycles. The van der Waals surface area contributed by atoms with Crippen LogP contribution in [0.25, 0.3) is 0 Å². The lowest BCUT2D eigenvalue weighted by Gasteiger charge is -2.10. The summed E-state index contributed by atoms with van der Waals surface area (Å²) in [5.74, 6) is 1.29. The lowest BCUT2D eigenvalue weighted by atomic mass is 10.2. The Kier molecular flexibility index (Phi) is 4.91. The summed E-state index contributed by atoms with van der Waals surface area (Å²) in [6.45, 7) is 3.72. The van der Waals surface area contributed by atoms with E-state index in [2.05, 4.69) is 26.5 Å². The smallest absolute Gasteiger partial charge is 0.252 e. The summed E-state index contributed by atoms with van der Waals surface area (Å²) in [6, 6.07) is 10.2. The Hall–Kier alpha value is -3.31. The quantitative estimate of drug-likeness (QED) is 0.714. The van der Waals surface area contributed by atoms with Gasteiger partial charge in [0.05, 0.1) is 18.2 Å². The molecule has 0 amide bonds. The molecule has 0 bridgehead atoms. The van der Waals surface area contributed by atoms with Crippen molar-refractivity contribution in [3.8, 4) is 17.6 Å². The van der Waals surface area contributed by atoms with Crippen LogP contribution in [0.15, 0.2) is 35.1 Å². The van der Waals surface area contributed by atoms with E-state index in [1.54, 1.807) is 38.1 Å².